The minimum absolute atomic E-state index is 0.0784. The molecule has 0 saturated carbocycles. The molecule has 0 bridgehead atoms. The van der Waals surface area contributed by atoms with Gasteiger partial charge in [0.15, 0.2) is 11.5 Å². The van der Waals surface area contributed by atoms with Gasteiger partial charge in [-0.2, -0.15) is 5.10 Å². The van der Waals surface area contributed by atoms with E-state index in [1.165, 1.54) is 60.5 Å². The second kappa shape index (κ2) is 9.15. The summed E-state index contributed by atoms with van der Waals surface area (Å²) in [5.41, 5.74) is 1.95. The van der Waals surface area contributed by atoms with Crippen LogP contribution in [0.1, 0.15) is 20.7 Å². The minimum Gasteiger partial charge on any atom is -0.493 e. The van der Waals surface area contributed by atoms with Crippen molar-refractivity contribution in [2.75, 3.05) is 7.11 Å². The summed E-state index contributed by atoms with van der Waals surface area (Å²) in [6.45, 7) is 0. The van der Waals surface area contributed by atoms with E-state index in [0.29, 0.717) is 28.8 Å². The Bertz CT molecular complexity index is 1330. The molecule has 0 spiro atoms. The molecule has 1 aromatic heterocycles. The van der Waals surface area contributed by atoms with Crippen molar-refractivity contribution in [2.45, 2.75) is 0 Å². The number of aldehydes is 1. The van der Waals surface area contributed by atoms with Crippen LogP contribution < -0.4 is 9.47 Å². The number of methoxy groups -OCH3 is 1. The molecule has 33 heavy (non-hydrogen) atoms. The first-order chi connectivity index (χ1) is 16.0. The van der Waals surface area contributed by atoms with Crippen LogP contribution in [-0.2, 0) is 0 Å². The number of non-ortho nitro benzene ring substituents is 1. The van der Waals surface area contributed by atoms with Crippen molar-refractivity contribution in [2.24, 2.45) is 0 Å². The Morgan fingerprint density at radius 1 is 1.03 bits per heavy atom. The summed E-state index contributed by atoms with van der Waals surface area (Å²) in [5, 5.41) is 15.5. The third-order valence-electron chi connectivity index (χ3n) is 4.83. The second-order valence-electron chi connectivity index (χ2n) is 6.89. The second-order valence-corrected chi connectivity index (χ2v) is 6.89. The van der Waals surface area contributed by atoms with Gasteiger partial charge >= 0.3 is 5.97 Å². The average Bonchev–Trinajstić information content (AvgIpc) is 3.30. The molecule has 0 saturated heterocycles. The van der Waals surface area contributed by atoms with E-state index in [9.17, 15) is 19.7 Å². The number of hydrogen-bond acceptors (Lipinski definition) is 7. The molecule has 0 amide bonds. The molecule has 0 unspecified atom stereocenters. The van der Waals surface area contributed by atoms with Gasteiger partial charge in [0.25, 0.3) is 5.69 Å². The number of carbonyl (C=O) groups is 2. The molecule has 0 N–H and O–H groups in total. The van der Waals surface area contributed by atoms with Gasteiger partial charge < -0.3 is 9.47 Å². The fourth-order valence-electron chi connectivity index (χ4n) is 3.19. The average molecular weight is 443 g/mol. The summed E-state index contributed by atoms with van der Waals surface area (Å²) in [5.74, 6) is -0.349. The number of nitro groups is 1. The third kappa shape index (κ3) is 4.47. The summed E-state index contributed by atoms with van der Waals surface area (Å²) in [7, 11) is 1.40. The zero-order valence-electron chi connectivity index (χ0n) is 17.4. The molecular weight excluding hydrogens is 426 g/mol. The van der Waals surface area contributed by atoms with Crippen LogP contribution in [0.5, 0.6) is 11.5 Å². The highest BCUT2D eigenvalue weighted by molar-refractivity contribution is 5.97. The van der Waals surface area contributed by atoms with E-state index in [0.717, 1.165) is 0 Å². The first-order valence-electron chi connectivity index (χ1n) is 9.75. The Morgan fingerprint density at radius 3 is 2.39 bits per heavy atom. The van der Waals surface area contributed by atoms with Crippen molar-refractivity contribution in [1.29, 1.82) is 0 Å². The third-order valence-corrected chi connectivity index (χ3v) is 4.83. The highest BCUT2D eigenvalue weighted by Crippen LogP contribution is 2.31. The lowest BCUT2D eigenvalue weighted by Gasteiger charge is -2.09. The Morgan fingerprint density at radius 2 is 1.76 bits per heavy atom. The van der Waals surface area contributed by atoms with Gasteiger partial charge in [0.1, 0.15) is 17.5 Å². The Labute approximate surface area is 188 Å². The number of aromatic nitrogens is 2. The number of rotatable bonds is 7. The first-order valence-corrected chi connectivity index (χ1v) is 9.75. The first kappa shape index (κ1) is 21.4. The molecule has 4 rings (SSSR count). The summed E-state index contributed by atoms with van der Waals surface area (Å²) in [6, 6.07) is 19.3. The number of ether oxygens (including phenoxy) is 2. The summed E-state index contributed by atoms with van der Waals surface area (Å²) < 4.78 is 12.3. The van der Waals surface area contributed by atoms with Gasteiger partial charge in [-0.25, -0.2) is 9.48 Å². The quantitative estimate of drug-likeness (QED) is 0.136. The van der Waals surface area contributed by atoms with E-state index in [1.807, 2.05) is 30.3 Å². The zero-order valence-corrected chi connectivity index (χ0v) is 17.4. The number of nitrogens with zero attached hydrogens (tertiary/aromatic N) is 3. The standard InChI is InChI=1S/C24H17N3O6/c1-32-22-13-16(15-28)7-12-21(22)33-24(29)20-14-26(18-5-3-2-4-6-18)25-23(20)17-8-10-19(11-9-17)27(30)31/h2-15H,1H3. The maximum atomic E-state index is 13.1. The van der Waals surface area contributed by atoms with Crippen LogP contribution >= 0.6 is 0 Å². The molecule has 3 aromatic carbocycles. The lowest BCUT2D eigenvalue weighted by Crippen LogP contribution is -2.10. The number of carbonyl (C=O) groups excluding carboxylic acids is 2. The minimum atomic E-state index is -0.706. The maximum Gasteiger partial charge on any atom is 0.347 e. The van der Waals surface area contributed by atoms with Crippen molar-refractivity contribution >= 4 is 17.9 Å². The van der Waals surface area contributed by atoms with Gasteiger partial charge in [-0.3, -0.25) is 14.9 Å². The zero-order chi connectivity index (χ0) is 23.4. The predicted octanol–water partition coefficient (Wildman–Crippen LogP) is 4.49. The number of esters is 1. The topological polar surface area (TPSA) is 114 Å². The van der Waals surface area contributed by atoms with Gasteiger partial charge in [-0.05, 0) is 42.5 Å². The normalized spacial score (nSPS) is 10.5. The fraction of sp³-hybridized carbons (Fsp3) is 0.0417. The number of benzene rings is 3. The van der Waals surface area contributed by atoms with Crippen LogP contribution in [-0.4, -0.2) is 34.1 Å². The highest BCUT2D eigenvalue weighted by Gasteiger charge is 2.22. The van der Waals surface area contributed by atoms with Crippen LogP contribution in [0.4, 0.5) is 5.69 Å². The molecule has 0 atom stereocenters. The van der Waals surface area contributed by atoms with E-state index in [-0.39, 0.29) is 22.7 Å². The molecule has 0 aliphatic rings. The molecule has 0 aliphatic carbocycles. The fourth-order valence-corrected chi connectivity index (χ4v) is 3.19. The van der Waals surface area contributed by atoms with Crippen LogP contribution in [0, 0.1) is 10.1 Å². The Hall–Kier alpha value is -4.79. The van der Waals surface area contributed by atoms with Crippen LogP contribution in [0.25, 0.3) is 16.9 Å². The Balaban J connectivity index is 1.76. The highest BCUT2D eigenvalue weighted by atomic mass is 16.6. The number of hydrogen-bond donors (Lipinski definition) is 0. The largest absolute Gasteiger partial charge is 0.493 e. The maximum absolute atomic E-state index is 13.1. The number of para-hydroxylation sites is 1. The van der Waals surface area contributed by atoms with Crippen LogP contribution in [0.15, 0.2) is 79.0 Å². The monoisotopic (exact) mass is 443 g/mol. The van der Waals surface area contributed by atoms with E-state index in [2.05, 4.69) is 5.10 Å². The van der Waals surface area contributed by atoms with E-state index in [4.69, 9.17) is 9.47 Å². The molecular formula is C24H17N3O6. The van der Waals surface area contributed by atoms with Crippen molar-refractivity contribution in [3.8, 4) is 28.4 Å². The lowest BCUT2D eigenvalue weighted by molar-refractivity contribution is -0.384. The molecule has 1 heterocycles. The van der Waals surface area contributed by atoms with Gasteiger partial charge in [0.2, 0.25) is 0 Å². The molecule has 9 nitrogen and oxygen atoms in total. The SMILES string of the molecule is COc1cc(C=O)ccc1OC(=O)c1cn(-c2ccccc2)nc1-c1ccc([N+](=O)[O-])cc1. The van der Waals surface area contributed by atoms with Gasteiger partial charge in [0, 0.05) is 29.5 Å². The van der Waals surface area contributed by atoms with E-state index < -0.39 is 10.9 Å². The molecule has 164 valence electrons. The number of nitro benzene ring substituents is 1. The van der Waals surface area contributed by atoms with Crippen molar-refractivity contribution in [1.82, 2.24) is 9.78 Å². The van der Waals surface area contributed by atoms with Crippen molar-refractivity contribution < 1.29 is 24.0 Å². The predicted molar refractivity (Wildman–Crippen MR) is 119 cm³/mol. The van der Waals surface area contributed by atoms with Crippen molar-refractivity contribution in [3.05, 3.63) is 100 Å². The molecule has 0 fully saturated rings. The van der Waals surface area contributed by atoms with E-state index in [1.54, 1.807) is 0 Å². The Kier molecular flexibility index (Phi) is 5.94. The van der Waals surface area contributed by atoms with Crippen LogP contribution in [0.3, 0.4) is 0 Å². The van der Waals surface area contributed by atoms with Gasteiger partial charge in [-0.1, -0.05) is 18.2 Å². The summed E-state index contributed by atoms with van der Waals surface area (Å²) in [6.07, 6.45) is 2.19. The summed E-state index contributed by atoms with van der Waals surface area (Å²) >= 11 is 0. The molecule has 0 aliphatic heterocycles. The smallest absolute Gasteiger partial charge is 0.347 e. The van der Waals surface area contributed by atoms with E-state index >= 15 is 0 Å². The molecule has 9 heteroatoms. The van der Waals surface area contributed by atoms with Gasteiger partial charge in [-0.15, -0.1) is 0 Å². The molecule has 4 aromatic rings. The molecule has 0 radical (unpaired) electrons. The lowest BCUT2D eigenvalue weighted by atomic mass is 10.1. The summed E-state index contributed by atoms with van der Waals surface area (Å²) in [4.78, 5) is 34.7. The van der Waals surface area contributed by atoms with Gasteiger partial charge in [0.05, 0.1) is 17.7 Å². The van der Waals surface area contributed by atoms with Crippen molar-refractivity contribution in [3.63, 3.8) is 0 Å². The van der Waals surface area contributed by atoms with Crippen LogP contribution in [0.2, 0.25) is 0 Å².